The molecule has 0 unspecified atom stereocenters. The molecule has 104 valence electrons. The second kappa shape index (κ2) is 4.84. The number of nitrogens with two attached hydrogens (primary N) is 1. The topological polar surface area (TPSA) is 83.8 Å². The predicted octanol–water partition coefficient (Wildman–Crippen LogP) is 0.998. The van der Waals surface area contributed by atoms with Gasteiger partial charge in [0.1, 0.15) is 17.9 Å². The first kappa shape index (κ1) is 12.5. The van der Waals surface area contributed by atoms with Crippen molar-refractivity contribution in [2.75, 3.05) is 12.8 Å². The van der Waals surface area contributed by atoms with Crippen molar-refractivity contribution in [3.8, 4) is 5.75 Å². The van der Waals surface area contributed by atoms with Crippen LogP contribution in [0.15, 0.2) is 24.5 Å². The zero-order valence-corrected chi connectivity index (χ0v) is 11.4. The van der Waals surface area contributed by atoms with Gasteiger partial charge < -0.3 is 19.6 Å². The number of anilines is 1. The van der Waals surface area contributed by atoms with E-state index in [4.69, 9.17) is 10.5 Å². The third-order valence-electron chi connectivity index (χ3n) is 3.35. The Morgan fingerprint density at radius 2 is 2.20 bits per heavy atom. The van der Waals surface area contributed by atoms with Gasteiger partial charge in [-0.1, -0.05) is 0 Å². The molecule has 0 atom stereocenters. The second-order valence-electron chi connectivity index (χ2n) is 4.58. The lowest BCUT2D eigenvalue weighted by molar-refractivity contribution is 0.415. The van der Waals surface area contributed by atoms with Crippen LogP contribution in [0.3, 0.4) is 0 Å². The fraction of sp³-hybridized carbons (Fsp3) is 0.308. The van der Waals surface area contributed by atoms with E-state index < -0.39 is 0 Å². The van der Waals surface area contributed by atoms with Crippen LogP contribution in [-0.2, 0) is 20.0 Å². The van der Waals surface area contributed by atoms with Gasteiger partial charge in [0.25, 0.3) is 0 Å². The molecular formula is C13H16N6O. The first-order chi connectivity index (χ1) is 9.69. The highest BCUT2D eigenvalue weighted by atomic mass is 16.5. The van der Waals surface area contributed by atoms with E-state index in [1.54, 1.807) is 13.4 Å². The van der Waals surface area contributed by atoms with Crippen LogP contribution in [0.2, 0.25) is 0 Å². The number of fused-ring (bicyclic) bond motifs is 1. The number of ether oxygens (including phenoxy) is 1. The van der Waals surface area contributed by atoms with Crippen molar-refractivity contribution in [2.45, 2.75) is 13.0 Å². The van der Waals surface area contributed by atoms with Crippen molar-refractivity contribution >= 4 is 17.0 Å². The molecule has 0 amide bonds. The second-order valence-corrected chi connectivity index (χ2v) is 4.58. The molecule has 0 spiro atoms. The molecule has 0 saturated heterocycles. The normalized spacial score (nSPS) is 11.1. The maximum atomic E-state index is 5.99. The molecule has 0 bridgehead atoms. The quantitative estimate of drug-likeness (QED) is 0.766. The van der Waals surface area contributed by atoms with E-state index in [-0.39, 0.29) is 0 Å². The summed E-state index contributed by atoms with van der Waals surface area (Å²) in [6, 6.07) is 5.72. The van der Waals surface area contributed by atoms with Crippen molar-refractivity contribution in [2.24, 2.45) is 7.05 Å². The monoisotopic (exact) mass is 272 g/mol. The van der Waals surface area contributed by atoms with Gasteiger partial charge in [0.15, 0.2) is 0 Å². The van der Waals surface area contributed by atoms with Crippen LogP contribution in [0.1, 0.15) is 5.82 Å². The number of aryl methyl sites for hydroxylation is 3. The minimum atomic E-state index is 0.496. The average Bonchev–Trinajstić information content (AvgIpc) is 2.99. The van der Waals surface area contributed by atoms with Crippen LogP contribution in [0, 0.1) is 0 Å². The largest absolute Gasteiger partial charge is 0.497 e. The Labute approximate surface area is 116 Å². The molecule has 2 aromatic heterocycles. The molecule has 3 rings (SSSR count). The first-order valence-corrected chi connectivity index (χ1v) is 6.31. The Balaban J connectivity index is 1.94. The third-order valence-corrected chi connectivity index (χ3v) is 3.35. The van der Waals surface area contributed by atoms with Gasteiger partial charge in [0, 0.05) is 26.1 Å². The summed E-state index contributed by atoms with van der Waals surface area (Å²) in [6.45, 7) is 0.696. The Morgan fingerprint density at radius 1 is 1.35 bits per heavy atom. The van der Waals surface area contributed by atoms with Gasteiger partial charge in [-0.05, 0) is 12.1 Å². The summed E-state index contributed by atoms with van der Waals surface area (Å²) in [6.07, 6.45) is 2.43. The van der Waals surface area contributed by atoms with E-state index in [0.29, 0.717) is 12.5 Å². The van der Waals surface area contributed by atoms with E-state index in [1.807, 2.05) is 34.4 Å². The summed E-state index contributed by atoms with van der Waals surface area (Å²) in [5.74, 6) is 2.20. The molecule has 0 radical (unpaired) electrons. The molecule has 0 aliphatic heterocycles. The lowest BCUT2D eigenvalue weighted by atomic mass is 10.3. The molecule has 1 aromatic carbocycles. The number of benzene rings is 1. The smallest absolute Gasteiger partial charge is 0.201 e. The van der Waals surface area contributed by atoms with Crippen molar-refractivity contribution in [1.82, 2.24) is 24.3 Å². The van der Waals surface area contributed by atoms with E-state index in [0.717, 1.165) is 29.0 Å². The van der Waals surface area contributed by atoms with Gasteiger partial charge >= 0.3 is 0 Å². The van der Waals surface area contributed by atoms with Crippen molar-refractivity contribution in [3.05, 3.63) is 30.4 Å². The number of aromatic nitrogens is 5. The van der Waals surface area contributed by atoms with E-state index in [2.05, 4.69) is 15.2 Å². The minimum absolute atomic E-state index is 0.496. The van der Waals surface area contributed by atoms with Crippen LogP contribution in [0.5, 0.6) is 5.75 Å². The van der Waals surface area contributed by atoms with Crippen LogP contribution < -0.4 is 10.5 Å². The van der Waals surface area contributed by atoms with Gasteiger partial charge in [-0.15, -0.1) is 10.2 Å². The van der Waals surface area contributed by atoms with E-state index in [9.17, 15) is 0 Å². The molecule has 20 heavy (non-hydrogen) atoms. The first-order valence-electron chi connectivity index (χ1n) is 6.31. The number of imidazole rings is 1. The molecule has 2 N–H and O–H groups in total. The Hall–Kier alpha value is -2.57. The molecule has 0 fully saturated rings. The van der Waals surface area contributed by atoms with Crippen LogP contribution >= 0.6 is 0 Å². The van der Waals surface area contributed by atoms with Gasteiger partial charge in [0.05, 0.1) is 18.1 Å². The molecule has 7 heteroatoms. The maximum Gasteiger partial charge on any atom is 0.201 e. The van der Waals surface area contributed by atoms with E-state index in [1.165, 1.54) is 0 Å². The number of nitrogens with zero attached hydrogens (tertiary/aromatic N) is 5. The van der Waals surface area contributed by atoms with Gasteiger partial charge in [-0.2, -0.15) is 0 Å². The molecular weight excluding hydrogens is 256 g/mol. The third kappa shape index (κ3) is 2.07. The lowest BCUT2D eigenvalue weighted by Crippen LogP contribution is -2.08. The molecule has 2 heterocycles. The summed E-state index contributed by atoms with van der Waals surface area (Å²) < 4.78 is 9.11. The van der Waals surface area contributed by atoms with Crippen molar-refractivity contribution in [1.29, 1.82) is 0 Å². The van der Waals surface area contributed by atoms with Gasteiger partial charge in [-0.3, -0.25) is 0 Å². The number of hydrogen-bond donors (Lipinski definition) is 1. The average molecular weight is 272 g/mol. The molecule has 0 aliphatic carbocycles. The predicted molar refractivity (Wildman–Crippen MR) is 75.4 cm³/mol. The zero-order valence-electron chi connectivity index (χ0n) is 11.4. The minimum Gasteiger partial charge on any atom is -0.497 e. The van der Waals surface area contributed by atoms with Gasteiger partial charge in [-0.25, -0.2) is 4.98 Å². The highest BCUT2D eigenvalue weighted by molar-refractivity contribution is 5.79. The zero-order chi connectivity index (χ0) is 14.1. The van der Waals surface area contributed by atoms with Gasteiger partial charge in [0.2, 0.25) is 5.95 Å². The number of hydrogen-bond acceptors (Lipinski definition) is 5. The number of nitrogen functional groups attached to an aromatic ring is 1. The Bertz CT molecular complexity index is 744. The van der Waals surface area contributed by atoms with E-state index >= 15 is 0 Å². The molecule has 0 aliphatic rings. The SMILES string of the molecule is COc1ccc2nc(N)n(CCc3nncn3C)c2c1. The van der Waals surface area contributed by atoms with Crippen LogP contribution in [0.25, 0.3) is 11.0 Å². The highest BCUT2D eigenvalue weighted by Gasteiger charge is 2.10. The molecule has 3 aromatic rings. The molecule has 7 nitrogen and oxygen atoms in total. The maximum absolute atomic E-state index is 5.99. The van der Waals surface area contributed by atoms with Crippen LogP contribution in [-0.4, -0.2) is 31.4 Å². The molecule has 0 saturated carbocycles. The van der Waals surface area contributed by atoms with Crippen molar-refractivity contribution in [3.63, 3.8) is 0 Å². The summed E-state index contributed by atoms with van der Waals surface area (Å²) in [5, 5.41) is 7.94. The summed E-state index contributed by atoms with van der Waals surface area (Å²) in [5.41, 5.74) is 7.81. The lowest BCUT2D eigenvalue weighted by Gasteiger charge is -2.07. The standard InChI is InChI=1S/C13H16N6O/c1-18-8-15-17-12(18)5-6-19-11-7-9(20-2)3-4-10(11)16-13(19)14/h3-4,7-8H,5-6H2,1-2H3,(H2,14,16). The summed E-state index contributed by atoms with van der Waals surface area (Å²) in [4.78, 5) is 4.35. The Morgan fingerprint density at radius 3 is 2.90 bits per heavy atom. The number of methoxy groups -OCH3 is 1. The summed E-state index contributed by atoms with van der Waals surface area (Å²) >= 11 is 0. The summed E-state index contributed by atoms with van der Waals surface area (Å²) in [7, 11) is 3.57. The van der Waals surface area contributed by atoms with Crippen molar-refractivity contribution < 1.29 is 4.74 Å². The Kier molecular flexibility index (Phi) is 3.02. The highest BCUT2D eigenvalue weighted by Crippen LogP contribution is 2.23. The fourth-order valence-electron chi connectivity index (χ4n) is 2.23. The van der Waals surface area contributed by atoms with Crippen LogP contribution in [0.4, 0.5) is 5.95 Å². The fourth-order valence-corrected chi connectivity index (χ4v) is 2.23. The number of rotatable bonds is 4.